The predicted molar refractivity (Wildman–Crippen MR) is 79.3 cm³/mol. The summed E-state index contributed by atoms with van der Waals surface area (Å²) in [5, 5.41) is 9.75. The van der Waals surface area contributed by atoms with Gasteiger partial charge in [0, 0.05) is 13.1 Å². The SMILES string of the molecule is CN(C)C1(CO)CCCN(CCc2ccccc2)C1. The van der Waals surface area contributed by atoms with E-state index in [0.29, 0.717) is 0 Å². The van der Waals surface area contributed by atoms with E-state index in [2.05, 4.69) is 54.2 Å². The highest BCUT2D eigenvalue weighted by Gasteiger charge is 2.36. The Labute approximate surface area is 116 Å². The number of hydrogen-bond donors (Lipinski definition) is 1. The molecule has 1 aromatic rings. The van der Waals surface area contributed by atoms with Crippen LogP contribution in [-0.2, 0) is 6.42 Å². The monoisotopic (exact) mass is 262 g/mol. The first-order valence-electron chi connectivity index (χ1n) is 7.21. The van der Waals surface area contributed by atoms with Crippen LogP contribution in [0.5, 0.6) is 0 Å². The summed E-state index contributed by atoms with van der Waals surface area (Å²) in [4.78, 5) is 4.69. The lowest BCUT2D eigenvalue weighted by Crippen LogP contribution is -2.58. The quantitative estimate of drug-likeness (QED) is 0.873. The molecule has 1 heterocycles. The molecule has 3 heteroatoms. The van der Waals surface area contributed by atoms with Gasteiger partial charge in [-0.3, -0.25) is 0 Å². The first-order chi connectivity index (χ1) is 9.16. The Bertz CT molecular complexity index is 380. The molecule has 0 saturated carbocycles. The van der Waals surface area contributed by atoms with Crippen molar-refractivity contribution in [2.45, 2.75) is 24.8 Å². The Kier molecular flexibility index (Phi) is 4.97. The number of aliphatic hydroxyl groups is 1. The Balaban J connectivity index is 1.91. The second-order valence-electron chi connectivity index (χ2n) is 5.89. The highest BCUT2D eigenvalue weighted by atomic mass is 16.3. The molecule has 1 unspecified atom stereocenters. The molecule has 1 atom stereocenters. The number of likely N-dealkylation sites (N-methyl/N-ethyl adjacent to an activating group) is 1. The Morgan fingerprint density at radius 1 is 1.26 bits per heavy atom. The molecule has 1 N–H and O–H groups in total. The van der Waals surface area contributed by atoms with Gasteiger partial charge in [-0.05, 0) is 45.5 Å². The number of hydrogen-bond acceptors (Lipinski definition) is 3. The van der Waals surface area contributed by atoms with Crippen LogP contribution in [0.15, 0.2) is 30.3 Å². The van der Waals surface area contributed by atoms with Gasteiger partial charge in [0.05, 0.1) is 12.1 Å². The number of likely N-dealkylation sites (tertiary alicyclic amines) is 1. The molecule has 3 nitrogen and oxygen atoms in total. The lowest BCUT2D eigenvalue weighted by molar-refractivity contribution is 0.000292. The van der Waals surface area contributed by atoms with Gasteiger partial charge >= 0.3 is 0 Å². The van der Waals surface area contributed by atoms with Gasteiger partial charge in [0.1, 0.15) is 0 Å². The Hall–Kier alpha value is -0.900. The van der Waals surface area contributed by atoms with E-state index < -0.39 is 0 Å². The maximum atomic E-state index is 9.75. The molecule has 0 aromatic heterocycles. The maximum Gasteiger partial charge on any atom is 0.0627 e. The third-order valence-electron chi connectivity index (χ3n) is 4.44. The number of piperidine rings is 1. The lowest BCUT2D eigenvalue weighted by Gasteiger charge is -2.46. The van der Waals surface area contributed by atoms with Crippen LogP contribution < -0.4 is 0 Å². The predicted octanol–water partition coefficient (Wildman–Crippen LogP) is 1.62. The van der Waals surface area contributed by atoms with Crippen molar-refractivity contribution in [3.8, 4) is 0 Å². The van der Waals surface area contributed by atoms with Crippen molar-refractivity contribution in [2.75, 3.05) is 40.3 Å². The van der Waals surface area contributed by atoms with Crippen LogP contribution in [0.3, 0.4) is 0 Å². The van der Waals surface area contributed by atoms with Crippen molar-refractivity contribution in [1.82, 2.24) is 9.80 Å². The smallest absolute Gasteiger partial charge is 0.0627 e. The van der Waals surface area contributed by atoms with Crippen molar-refractivity contribution in [2.24, 2.45) is 0 Å². The zero-order valence-electron chi connectivity index (χ0n) is 12.2. The fourth-order valence-electron chi connectivity index (χ4n) is 2.96. The Morgan fingerprint density at radius 2 is 2.00 bits per heavy atom. The van der Waals surface area contributed by atoms with Gasteiger partial charge in [-0.1, -0.05) is 30.3 Å². The molecule has 0 aliphatic carbocycles. The molecule has 2 rings (SSSR count). The molecular formula is C16H26N2O. The number of rotatable bonds is 5. The first kappa shape index (κ1) is 14.5. The van der Waals surface area contributed by atoms with E-state index in [1.165, 1.54) is 12.0 Å². The molecule has 1 aliphatic rings. The fraction of sp³-hybridized carbons (Fsp3) is 0.625. The number of nitrogens with zero attached hydrogens (tertiary/aromatic N) is 2. The van der Waals surface area contributed by atoms with Crippen LogP contribution in [0.4, 0.5) is 0 Å². The summed E-state index contributed by atoms with van der Waals surface area (Å²) < 4.78 is 0. The van der Waals surface area contributed by atoms with Crippen molar-refractivity contribution >= 4 is 0 Å². The van der Waals surface area contributed by atoms with Gasteiger partial charge in [-0.15, -0.1) is 0 Å². The van der Waals surface area contributed by atoms with Gasteiger partial charge in [-0.2, -0.15) is 0 Å². The summed E-state index contributed by atoms with van der Waals surface area (Å²) >= 11 is 0. The topological polar surface area (TPSA) is 26.7 Å². The zero-order valence-corrected chi connectivity index (χ0v) is 12.2. The molecule has 106 valence electrons. The summed E-state index contributed by atoms with van der Waals surface area (Å²) in [6.45, 7) is 3.47. The van der Waals surface area contributed by atoms with Gasteiger partial charge in [0.25, 0.3) is 0 Å². The van der Waals surface area contributed by atoms with Gasteiger partial charge < -0.3 is 14.9 Å². The highest BCUT2D eigenvalue weighted by Crippen LogP contribution is 2.25. The Morgan fingerprint density at radius 3 is 2.63 bits per heavy atom. The fourth-order valence-corrected chi connectivity index (χ4v) is 2.96. The summed E-state index contributed by atoms with van der Waals surface area (Å²) in [5.41, 5.74) is 1.35. The van der Waals surface area contributed by atoms with Crippen LogP contribution in [0, 0.1) is 0 Å². The molecule has 1 aromatic carbocycles. The van der Waals surface area contributed by atoms with E-state index in [-0.39, 0.29) is 12.1 Å². The maximum absolute atomic E-state index is 9.75. The van der Waals surface area contributed by atoms with Gasteiger partial charge in [-0.25, -0.2) is 0 Å². The first-order valence-corrected chi connectivity index (χ1v) is 7.21. The standard InChI is InChI=1S/C16H26N2O/c1-17(2)16(14-19)10-6-11-18(13-16)12-9-15-7-4-3-5-8-15/h3-5,7-8,19H,6,9-14H2,1-2H3. The van der Waals surface area contributed by atoms with Gasteiger partial charge in [0.15, 0.2) is 0 Å². The van der Waals surface area contributed by atoms with Crippen molar-refractivity contribution < 1.29 is 5.11 Å². The molecule has 1 fully saturated rings. The average molecular weight is 262 g/mol. The molecule has 0 amide bonds. The van der Waals surface area contributed by atoms with E-state index in [0.717, 1.165) is 32.5 Å². The second kappa shape index (κ2) is 6.51. The molecule has 1 aliphatic heterocycles. The molecule has 1 saturated heterocycles. The average Bonchev–Trinajstić information content (AvgIpc) is 2.46. The minimum absolute atomic E-state index is 0.0467. The van der Waals surface area contributed by atoms with Crippen LogP contribution >= 0.6 is 0 Å². The van der Waals surface area contributed by atoms with Gasteiger partial charge in [0.2, 0.25) is 0 Å². The van der Waals surface area contributed by atoms with Crippen molar-refractivity contribution in [1.29, 1.82) is 0 Å². The second-order valence-corrected chi connectivity index (χ2v) is 5.89. The van der Waals surface area contributed by atoms with Crippen molar-refractivity contribution in [3.05, 3.63) is 35.9 Å². The zero-order chi connectivity index (χ0) is 13.7. The van der Waals surface area contributed by atoms with Crippen LogP contribution in [0.2, 0.25) is 0 Å². The largest absolute Gasteiger partial charge is 0.394 e. The minimum atomic E-state index is -0.0467. The summed E-state index contributed by atoms with van der Waals surface area (Å²) in [5.74, 6) is 0. The third kappa shape index (κ3) is 3.56. The molecule has 0 bridgehead atoms. The summed E-state index contributed by atoms with van der Waals surface area (Å²) in [6, 6.07) is 10.6. The van der Waals surface area contributed by atoms with E-state index >= 15 is 0 Å². The van der Waals surface area contributed by atoms with E-state index in [9.17, 15) is 5.11 Å². The summed E-state index contributed by atoms with van der Waals surface area (Å²) in [7, 11) is 4.16. The minimum Gasteiger partial charge on any atom is -0.394 e. The molecule has 0 radical (unpaired) electrons. The van der Waals surface area contributed by atoms with E-state index in [1.807, 2.05) is 0 Å². The highest BCUT2D eigenvalue weighted by molar-refractivity contribution is 5.15. The number of benzene rings is 1. The molecule has 0 spiro atoms. The van der Waals surface area contributed by atoms with Crippen LogP contribution in [0.1, 0.15) is 18.4 Å². The third-order valence-corrected chi connectivity index (χ3v) is 4.44. The number of aliphatic hydroxyl groups excluding tert-OH is 1. The molecular weight excluding hydrogens is 236 g/mol. The van der Waals surface area contributed by atoms with E-state index in [1.54, 1.807) is 0 Å². The molecule has 19 heavy (non-hydrogen) atoms. The summed E-state index contributed by atoms with van der Waals surface area (Å²) in [6.07, 6.45) is 3.36. The lowest BCUT2D eigenvalue weighted by atomic mass is 9.88. The van der Waals surface area contributed by atoms with Crippen LogP contribution in [0.25, 0.3) is 0 Å². The van der Waals surface area contributed by atoms with E-state index in [4.69, 9.17) is 0 Å². The normalized spacial score (nSPS) is 24.8. The van der Waals surface area contributed by atoms with Crippen LogP contribution in [-0.4, -0.2) is 60.8 Å². The van der Waals surface area contributed by atoms with Crippen molar-refractivity contribution in [3.63, 3.8) is 0 Å².